The molecule has 3 fully saturated rings. The zero-order valence-corrected chi connectivity index (χ0v) is 70.0. The molecule has 42 nitrogen and oxygen atoms in total. The average Bonchev–Trinajstić information content (AvgIpc) is 1.63. The molecule has 0 aliphatic carbocycles. The number of nitrogens with two attached hydrogens (primary N) is 3. The number of aliphatic carboxylic acids is 1. The summed E-state index contributed by atoms with van der Waals surface area (Å²) in [6.45, 7) is 4.05. The van der Waals surface area contributed by atoms with E-state index in [-0.39, 0.29) is 121 Å². The van der Waals surface area contributed by atoms with E-state index in [4.69, 9.17) is 33.4 Å². The number of amides is 15. The lowest BCUT2D eigenvalue weighted by Gasteiger charge is -2.31. The van der Waals surface area contributed by atoms with Crippen molar-refractivity contribution in [3.63, 3.8) is 0 Å². The van der Waals surface area contributed by atoms with E-state index in [1.54, 1.807) is 88.4 Å². The highest BCUT2D eigenvalue weighted by molar-refractivity contribution is 8.76. The van der Waals surface area contributed by atoms with Crippen molar-refractivity contribution >= 4 is 134 Å². The Morgan fingerprint density at radius 1 is 0.459 bits per heavy atom. The Kier molecular flexibility index (Phi) is 40.7. The van der Waals surface area contributed by atoms with Crippen LogP contribution < -0.4 is 108 Å². The van der Waals surface area contributed by atoms with Crippen LogP contribution in [-0.2, 0) is 96.0 Å². The highest BCUT2D eigenvalue weighted by Gasteiger charge is 2.42. The first-order valence-corrected chi connectivity index (χ1v) is 42.6. The summed E-state index contributed by atoms with van der Waals surface area (Å²) in [6, 6.07) is 2.96. The van der Waals surface area contributed by atoms with Crippen molar-refractivity contribution in [2.24, 2.45) is 29.0 Å². The Bertz CT molecular complexity index is 4180. The first-order valence-electron chi connectivity index (χ1n) is 40.1. The molecule has 13 atom stereocenters. The van der Waals surface area contributed by atoms with Gasteiger partial charge in [-0.3, -0.25) is 92.9 Å². The summed E-state index contributed by atoms with van der Waals surface area (Å²) < 4.78 is 0. The molecule has 3 aliphatic heterocycles. The van der Waals surface area contributed by atoms with Gasteiger partial charge in [0, 0.05) is 56.9 Å². The number of aromatic hydroxyl groups is 1. The van der Waals surface area contributed by atoms with Crippen LogP contribution >= 0.6 is 21.6 Å². The molecule has 0 spiro atoms. The number of phenolic OH excluding ortho intramolecular Hbond substituents is 1. The molecule has 0 saturated carbocycles. The Labute approximate surface area is 712 Å². The first-order chi connectivity index (χ1) is 58.1. The van der Waals surface area contributed by atoms with Crippen LogP contribution in [0.1, 0.15) is 115 Å². The maximum absolute atomic E-state index is 15.6. The lowest BCUT2D eigenvalue weighted by Crippen LogP contribution is -2.62. The van der Waals surface area contributed by atoms with Crippen molar-refractivity contribution in [2.75, 3.05) is 57.3 Å². The first kappa shape index (κ1) is 98.3. The van der Waals surface area contributed by atoms with E-state index in [0.717, 1.165) is 26.5 Å². The van der Waals surface area contributed by atoms with E-state index < -0.39 is 228 Å². The minimum Gasteiger partial charge on any atom is -0.508 e. The summed E-state index contributed by atoms with van der Waals surface area (Å²) in [5, 5.41) is 87.7. The number of phenols is 1. The standard InChI is InChI=1S/C78H114N24O18S2/c1-5-43(4)63-74(119)100-57-41-122-121-40-56(99-66(111)48(20-12-28-85-76(79)80)91-61(106)39-90-65(110)54(36-62(107)108)97-73(118)58-23-15-31-102(58)75(120)55(98-72(57)117)35-45-18-10-7-11-19-45)71(116)96-52(34-46-24-26-47(103)27-25-46)64(109)89-37-59(104)88-38-60(105)92-53(33-44-16-8-6-9-17-44)70(115)95-51(32-42(2)3)69(114)94-49(21-13-29-86-77(81)82)67(112)93-50(68(113)101-63)22-14-30-87-78(83)84/h6-11,16-19,24-27,42-43,48-58,63,103H,5,12-15,20-23,28-41H2,1-4H3,(H,88,104)(H,89,109)(H,90,110)(H,91,106)(H,92,105)(H,93,112)(H,94,114)(H,95,115)(H,96,116)(H,97,118)(H,98,117)(H,99,111)(H,100,119)(H,101,113)(H,107,108)(H4,79,80,85)(H4,81,82,86)(H4,83,84,87)/t43-,48-,49-,50-,51-,52+,53-,54+,55+,56-,57-,58+,63-/m0/s1. The summed E-state index contributed by atoms with van der Waals surface area (Å²) in [6.07, 6.45) is -2.15. The van der Waals surface area contributed by atoms with Crippen LogP contribution in [0.25, 0.3) is 0 Å². The fraction of sp³-hybridized carbons (Fsp3) is 0.526. The highest BCUT2D eigenvalue weighted by atomic mass is 33.1. The van der Waals surface area contributed by atoms with Crippen LogP contribution in [0, 0.1) is 28.1 Å². The van der Waals surface area contributed by atoms with Gasteiger partial charge in [0.1, 0.15) is 78.3 Å². The number of nitrogens with zero attached hydrogens (tertiary/aromatic N) is 1. The normalized spacial score (nSPS) is 24.1. The van der Waals surface area contributed by atoms with E-state index in [9.17, 15) is 58.2 Å². The molecule has 2 bridgehead atoms. The van der Waals surface area contributed by atoms with Crippen LogP contribution in [0.15, 0.2) is 84.9 Å². The largest absolute Gasteiger partial charge is 0.508 e. The molecule has 122 heavy (non-hydrogen) atoms. The Morgan fingerprint density at radius 3 is 1.35 bits per heavy atom. The molecular weight excluding hydrogens is 1630 g/mol. The van der Waals surface area contributed by atoms with Crippen LogP contribution in [0.2, 0.25) is 0 Å². The molecule has 0 aromatic heterocycles. The molecule has 3 aromatic carbocycles. The van der Waals surface area contributed by atoms with Crippen molar-refractivity contribution in [1.29, 1.82) is 16.2 Å². The molecule has 3 saturated heterocycles. The third kappa shape index (κ3) is 34.3. The second-order valence-corrected chi connectivity index (χ2v) is 32.6. The lowest BCUT2D eigenvalue weighted by atomic mass is 9.97. The zero-order valence-electron chi connectivity index (χ0n) is 68.4. The van der Waals surface area contributed by atoms with Gasteiger partial charge in [-0.05, 0) is 98.4 Å². The lowest BCUT2D eigenvalue weighted by molar-refractivity contribution is -0.144. The zero-order chi connectivity index (χ0) is 89.5. The molecule has 3 aliphatic rings. The number of benzene rings is 3. The second kappa shape index (κ2) is 50.5. The highest BCUT2D eigenvalue weighted by Crippen LogP contribution is 2.26. The van der Waals surface area contributed by atoms with Crippen molar-refractivity contribution in [3.05, 3.63) is 102 Å². The summed E-state index contributed by atoms with van der Waals surface area (Å²) in [5.41, 5.74) is 18.1. The number of carboxylic acids is 1. The molecule has 44 heteroatoms. The predicted molar refractivity (Wildman–Crippen MR) is 451 cm³/mol. The van der Waals surface area contributed by atoms with Gasteiger partial charge in [0.2, 0.25) is 88.6 Å². The maximum Gasteiger partial charge on any atom is 0.305 e. The number of guanidine groups is 3. The third-order valence-corrected chi connectivity index (χ3v) is 22.2. The molecule has 15 amide bonds. The molecule has 3 heterocycles. The minimum atomic E-state index is -1.89. The van der Waals surface area contributed by atoms with E-state index in [1.807, 2.05) is 0 Å². The molecule has 0 radical (unpaired) electrons. The van der Waals surface area contributed by atoms with Crippen molar-refractivity contribution in [3.8, 4) is 5.75 Å². The number of carbonyl (C=O) groups is 16. The molecule has 666 valence electrons. The smallest absolute Gasteiger partial charge is 0.305 e. The molecule has 0 unspecified atom stereocenters. The quantitative estimate of drug-likeness (QED) is 0.0173. The van der Waals surface area contributed by atoms with Gasteiger partial charge in [-0.25, -0.2) is 0 Å². The van der Waals surface area contributed by atoms with Gasteiger partial charge in [-0.2, -0.15) is 0 Å². The molecular formula is C78H114N24O18S2. The summed E-state index contributed by atoms with van der Waals surface area (Å²) in [7, 11) is 1.65. The Balaban J connectivity index is 1.54. The van der Waals surface area contributed by atoms with Gasteiger partial charge in [-0.1, -0.05) is 128 Å². The number of carboxylic acid groups (broad SMARTS) is 1. The fourth-order valence-electron chi connectivity index (χ4n) is 13.2. The third-order valence-electron chi connectivity index (χ3n) is 19.8. The van der Waals surface area contributed by atoms with Crippen LogP contribution in [0.4, 0.5) is 0 Å². The summed E-state index contributed by atoms with van der Waals surface area (Å²) in [5.74, 6) is -20.1. The van der Waals surface area contributed by atoms with Gasteiger partial charge < -0.3 is 123 Å². The van der Waals surface area contributed by atoms with E-state index in [2.05, 4.69) is 90.4 Å². The molecule has 6 rings (SSSR count). The topological polar surface area (TPSA) is 671 Å². The Hall–Kier alpha value is -12.5. The van der Waals surface area contributed by atoms with Crippen LogP contribution in [0.5, 0.6) is 5.75 Å². The van der Waals surface area contributed by atoms with Gasteiger partial charge in [0.25, 0.3) is 0 Å². The average molecular weight is 1740 g/mol. The number of rotatable bonds is 24. The minimum absolute atomic E-state index is 0.00608. The van der Waals surface area contributed by atoms with E-state index in [1.165, 1.54) is 24.3 Å². The number of hydrogen-bond donors (Lipinski definition) is 25. The number of nitrogens with one attached hydrogen (secondary N) is 20. The predicted octanol–water partition coefficient (Wildman–Crippen LogP) is -5.14. The summed E-state index contributed by atoms with van der Waals surface area (Å²) >= 11 is 0. The van der Waals surface area contributed by atoms with E-state index in [0.29, 0.717) is 16.7 Å². The molecule has 28 N–H and O–H groups in total. The van der Waals surface area contributed by atoms with Gasteiger partial charge >= 0.3 is 5.97 Å². The van der Waals surface area contributed by atoms with Gasteiger partial charge in [-0.15, -0.1) is 0 Å². The van der Waals surface area contributed by atoms with Gasteiger partial charge in [0.05, 0.1) is 26.1 Å². The van der Waals surface area contributed by atoms with Crippen molar-refractivity contribution < 1.29 is 86.9 Å². The SMILES string of the molecule is CC[C@H](C)[C@@H]1NC(=O)[C@H](CCCNC(=N)N)NC(=O)[C@H](CCCNC(=N)N)NC(=O)[C@H](CC(C)C)NC(=O)[C@H](Cc2ccccc2)NC(=O)CNC(=O)CNC(=O)[C@@H](Cc2ccc(O)cc2)NC(=O)[C@@H]2CSSC[C@H](NC1=O)C(=O)N[C@H](Cc1ccccc1)C(=O)N1CCC[C@@H]1C(=O)N[C@H](CC(=O)O)C(=O)NCC(=O)N[C@@H](CCCNC(=N)N)C(=O)N2. The van der Waals surface area contributed by atoms with Crippen LogP contribution in [-0.4, -0.2) is 257 Å². The van der Waals surface area contributed by atoms with Crippen LogP contribution in [0.3, 0.4) is 0 Å². The second-order valence-electron chi connectivity index (χ2n) is 30.0. The fourth-order valence-corrected chi connectivity index (χ4v) is 15.5. The maximum atomic E-state index is 15.6. The van der Waals surface area contributed by atoms with Gasteiger partial charge in [0.15, 0.2) is 17.9 Å². The number of carbonyl (C=O) groups excluding carboxylic acids is 15. The Morgan fingerprint density at radius 2 is 0.852 bits per heavy atom. The molecule has 3 aromatic rings. The number of hydrogen-bond acceptors (Lipinski definition) is 22. The summed E-state index contributed by atoms with van der Waals surface area (Å²) in [4.78, 5) is 234. The number of fused-ring (bicyclic) bond motifs is 6. The monoisotopic (exact) mass is 1740 g/mol. The van der Waals surface area contributed by atoms with E-state index >= 15 is 28.8 Å². The van der Waals surface area contributed by atoms with Crippen molar-refractivity contribution in [2.45, 2.75) is 190 Å². The van der Waals surface area contributed by atoms with Crippen molar-refractivity contribution in [1.82, 2.24) is 95.3 Å².